The van der Waals surface area contributed by atoms with Crippen LogP contribution in [0, 0.1) is 0 Å². The summed E-state index contributed by atoms with van der Waals surface area (Å²) in [7, 11) is 0. The van der Waals surface area contributed by atoms with E-state index in [4.69, 9.17) is 0 Å². The standard InChI is InChI=1S/8C3H6O3.2Sn/c8*1-2(4)3(5)6;;/h8*2,4H,1H3,(H,5,6);;/q;;;;;;;;2*+4/p-8. The molecule has 0 aliphatic heterocycles. The van der Waals surface area contributed by atoms with E-state index in [0.717, 1.165) is 55.4 Å². The van der Waals surface area contributed by atoms with Crippen LogP contribution >= 0.6 is 0 Å². The van der Waals surface area contributed by atoms with E-state index >= 15 is 0 Å². The monoisotopic (exact) mass is 952 g/mol. The van der Waals surface area contributed by atoms with E-state index < -0.39 is 137 Å². The predicted octanol–water partition coefficient (Wildman–Crippen LogP) is -5.76. The first-order valence-corrected chi connectivity index (χ1v) is 23.2. The van der Waals surface area contributed by atoms with Gasteiger partial charge in [-0.05, 0) is 0 Å². The summed E-state index contributed by atoms with van der Waals surface area (Å²) < 4.78 is 37.0. The molecule has 8 atom stereocenters. The second kappa shape index (κ2) is 22.1. The first kappa shape index (κ1) is 49.1. The van der Waals surface area contributed by atoms with Gasteiger partial charge >= 0.3 is 296 Å². The zero-order chi connectivity index (χ0) is 39.9. The summed E-state index contributed by atoms with van der Waals surface area (Å²) in [6.07, 6.45) is -14.2. The Balaban J connectivity index is 0. The van der Waals surface area contributed by atoms with Gasteiger partial charge in [0.15, 0.2) is 0 Å². The number of hydrogen-bond acceptors (Lipinski definition) is 24. The van der Waals surface area contributed by atoms with Gasteiger partial charge in [0.1, 0.15) is 0 Å². The Morgan fingerprint density at radius 3 is 0.420 bits per heavy atom. The molecule has 8 N–H and O–H groups in total. The van der Waals surface area contributed by atoms with Crippen LogP contribution in [0.4, 0.5) is 0 Å². The van der Waals surface area contributed by atoms with Gasteiger partial charge in [-0.3, -0.25) is 0 Å². The number of rotatable bonds is 16. The van der Waals surface area contributed by atoms with Crippen LogP contribution in [0.3, 0.4) is 0 Å². The fraction of sp³-hybridized carbons (Fsp3) is 0.667. The number of aliphatic hydroxyl groups excluding tert-OH is 8. The normalized spacial score (nSPS) is 17.9. The van der Waals surface area contributed by atoms with Gasteiger partial charge in [-0.2, -0.15) is 0 Å². The van der Waals surface area contributed by atoms with Crippen molar-refractivity contribution in [2.75, 3.05) is 0 Å². The van der Waals surface area contributed by atoms with E-state index in [-0.39, 0.29) is 0 Å². The van der Waals surface area contributed by atoms with E-state index in [0.29, 0.717) is 0 Å². The van der Waals surface area contributed by atoms with Gasteiger partial charge in [-0.25, -0.2) is 0 Å². The van der Waals surface area contributed by atoms with Gasteiger partial charge in [0.25, 0.3) is 0 Å². The molecule has 50 heavy (non-hydrogen) atoms. The third-order valence-corrected chi connectivity index (χ3v) is 14.8. The van der Waals surface area contributed by atoms with Crippen molar-refractivity contribution in [1.29, 1.82) is 0 Å². The summed E-state index contributed by atoms with van der Waals surface area (Å²) >= 11 is -12.5. The molecule has 0 fully saturated rings. The molecular weight excluding hydrogens is 910 g/mol. The molecule has 0 radical (unpaired) electrons. The van der Waals surface area contributed by atoms with Crippen molar-refractivity contribution < 1.29 is 104 Å². The minimum absolute atomic E-state index is 0.961. The van der Waals surface area contributed by atoms with Crippen molar-refractivity contribution in [3.63, 3.8) is 0 Å². The van der Waals surface area contributed by atoms with Crippen molar-refractivity contribution in [3.8, 4) is 0 Å². The van der Waals surface area contributed by atoms with E-state index in [2.05, 4.69) is 24.6 Å². The molecule has 288 valence electrons. The quantitative estimate of drug-likeness (QED) is 0.0668. The van der Waals surface area contributed by atoms with Crippen LogP contribution in [-0.2, 0) is 62.9 Å². The molecule has 0 aromatic heterocycles. The van der Waals surface area contributed by atoms with Gasteiger partial charge in [0.05, 0.1) is 0 Å². The predicted molar refractivity (Wildman–Crippen MR) is 154 cm³/mol. The zero-order valence-electron chi connectivity index (χ0n) is 27.7. The summed E-state index contributed by atoms with van der Waals surface area (Å²) in [6, 6.07) is 0. The van der Waals surface area contributed by atoms with Gasteiger partial charge < -0.3 is 0 Å². The molecule has 8 unspecified atom stereocenters. The number of aliphatic hydroxyl groups is 8. The second-order valence-corrected chi connectivity index (χ2v) is 20.1. The maximum atomic E-state index is 11.6. The van der Waals surface area contributed by atoms with Crippen LogP contribution in [0.15, 0.2) is 0 Å². The zero-order valence-corrected chi connectivity index (χ0v) is 33.4. The molecule has 0 aromatic rings. The average Bonchev–Trinajstić information content (AvgIpc) is 2.96. The molecule has 0 aromatic carbocycles. The molecule has 0 heterocycles. The molecule has 0 aliphatic carbocycles. The number of carbonyl (C=O) groups is 8. The van der Waals surface area contributed by atoms with E-state index in [1.807, 2.05) is 0 Å². The average molecular weight is 950 g/mol. The number of hydrogen-bond donors (Lipinski definition) is 8. The second-order valence-electron chi connectivity index (χ2n) is 9.78. The number of carbonyl (C=O) groups excluding carboxylic acids is 8. The molecule has 0 aliphatic rings. The first-order valence-electron chi connectivity index (χ1n) is 13.9. The van der Waals surface area contributed by atoms with Crippen molar-refractivity contribution in [2.45, 2.75) is 104 Å². The topological polar surface area (TPSA) is 372 Å². The maximum absolute atomic E-state index is 11.6. The molecule has 0 saturated heterocycles. The fourth-order valence-corrected chi connectivity index (χ4v) is 12.9. The molecule has 0 saturated carbocycles. The van der Waals surface area contributed by atoms with E-state index in [1.165, 1.54) is 0 Å². The molecular formula is C24H40O24Sn2. The third kappa shape index (κ3) is 18.3. The minimum atomic E-state index is -6.27. The van der Waals surface area contributed by atoms with Crippen LogP contribution in [0.2, 0.25) is 0 Å². The summed E-state index contributed by atoms with van der Waals surface area (Å²) in [5, 5.41) is 73.6. The molecule has 26 heteroatoms. The van der Waals surface area contributed by atoms with Gasteiger partial charge in [-0.15, -0.1) is 0 Å². The molecule has 0 rings (SSSR count). The van der Waals surface area contributed by atoms with Crippen molar-refractivity contribution >= 4 is 87.8 Å². The summed E-state index contributed by atoms with van der Waals surface area (Å²) in [5.41, 5.74) is 0. The van der Waals surface area contributed by atoms with Crippen LogP contribution in [0.1, 0.15) is 55.4 Å². The Morgan fingerprint density at radius 2 is 0.360 bits per heavy atom. The first-order chi connectivity index (χ1) is 22.6. The summed E-state index contributed by atoms with van der Waals surface area (Å²) in [5.74, 6) is -11.7. The molecule has 0 amide bonds. The SMILES string of the molecule is CC(O)C(=O)[O][Sn]([O]C(=O)C(C)O)([O]C(=O)C(C)O)[O]C(=O)C(C)O.CC(O)C(=O)[O][Sn]([O]C(=O)C(C)O)([O]C(=O)C(C)O)[O]C(=O)C(C)O. The third-order valence-electron chi connectivity index (χ3n) is 4.53. The van der Waals surface area contributed by atoms with Crippen molar-refractivity contribution in [3.05, 3.63) is 0 Å². The van der Waals surface area contributed by atoms with Gasteiger partial charge in [0.2, 0.25) is 0 Å². The van der Waals surface area contributed by atoms with Gasteiger partial charge in [-0.1, -0.05) is 0 Å². The Kier molecular flexibility index (Phi) is 21.7. The van der Waals surface area contributed by atoms with Crippen LogP contribution in [0.5, 0.6) is 0 Å². The van der Waals surface area contributed by atoms with E-state index in [9.17, 15) is 79.2 Å². The van der Waals surface area contributed by atoms with Crippen LogP contribution < -0.4 is 0 Å². The Labute approximate surface area is 294 Å². The Bertz CT molecular complexity index is 929. The van der Waals surface area contributed by atoms with Crippen LogP contribution in [0.25, 0.3) is 0 Å². The van der Waals surface area contributed by atoms with Crippen molar-refractivity contribution in [2.24, 2.45) is 0 Å². The van der Waals surface area contributed by atoms with E-state index in [1.54, 1.807) is 0 Å². The summed E-state index contributed by atoms with van der Waals surface area (Å²) in [4.78, 5) is 93.1. The van der Waals surface area contributed by atoms with Gasteiger partial charge in [0, 0.05) is 0 Å². The van der Waals surface area contributed by atoms with Crippen molar-refractivity contribution in [1.82, 2.24) is 0 Å². The fourth-order valence-electron chi connectivity index (χ4n) is 1.92. The molecule has 0 bridgehead atoms. The van der Waals surface area contributed by atoms with Crippen LogP contribution in [-0.4, -0.2) is 178 Å². The Hall–Kier alpha value is -2.96. The Morgan fingerprint density at radius 1 is 0.280 bits per heavy atom. The summed E-state index contributed by atoms with van der Waals surface area (Å²) in [6.45, 7) is 7.69. The molecule has 24 nitrogen and oxygen atoms in total. The molecule has 0 spiro atoms.